The molecule has 164 valence electrons. The normalized spacial score (nSPS) is 11.7. The van der Waals surface area contributed by atoms with Gasteiger partial charge in [-0.25, -0.2) is 26.6 Å². The largest absolute Gasteiger partial charge is 0.268 e. The van der Waals surface area contributed by atoms with E-state index in [0.29, 0.717) is 27.2 Å². The number of nitrogens with one attached hydrogen (secondary N) is 1. The molecular weight excluding hydrogens is 483 g/mol. The minimum absolute atomic E-state index is 0.0136. The Morgan fingerprint density at radius 2 is 1.78 bits per heavy atom. The van der Waals surface area contributed by atoms with E-state index in [9.17, 15) is 22.0 Å². The van der Waals surface area contributed by atoms with Gasteiger partial charge in [0.15, 0.2) is 0 Å². The number of carbonyl (C=O) groups is 1. The lowest BCUT2D eigenvalue weighted by Crippen LogP contribution is -2.29. The number of carbonyl (C=O) groups excluding carboxylic acids is 1. The summed E-state index contributed by atoms with van der Waals surface area (Å²) >= 11 is 12.5. The van der Waals surface area contributed by atoms with Gasteiger partial charge in [-0.3, -0.25) is 4.79 Å². The highest BCUT2D eigenvalue weighted by atomic mass is 35.5. The minimum atomic E-state index is -3.91. The van der Waals surface area contributed by atoms with Crippen molar-refractivity contribution >= 4 is 50.0 Å². The molecule has 1 aromatic heterocycles. The Bertz CT molecular complexity index is 1500. The van der Waals surface area contributed by atoms with Gasteiger partial charge in [-0.05, 0) is 36.4 Å². The summed E-state index contributed by atoms with van der Waals surface area (Å²) in [6.45, 7) is 0. The van der Waals surface area contributed by atoms with Gasteiger partial charge in [-0.1, -0.05) is 35.3 Å². The number of hydrogen-bond donors (Lipinski definition) is 1. The molecule has 0 bridgehead atoms. The summed E-state index contributed by atoms with van der Waals surface area (Å²) in [6.07, 6.45) is 0.787. The predicted octanol–water partition coefficient (Wildman–Crippen LogP) is 4.97. The van der Waals surface area contributed by atoms with Gasteiger partial charge in [0.25, 0.3) is 5.91 Å². The lowest BCUT2D eigenvalue weighted by atomic mass is 10.1. The highest BCUT2D eigenvalue weighted by Gasteiger charge is 2.22. The number of fused-ring (bicyclic) bond motifs is 1. The van der Waals surface area contributed by atoms with Gasteiger partial charge in [0.1, 0.15) is 17.3 Å². The Labute approximate surface area is 191 Å². The Kier molecular flexibility index (Phi) is 5.66. The summed E-state index contributed by atoms with van der Waals surface area (Å²) < 4.78 is 54.2. The summed E-state index contributed by atoms with van der Waals surface area (Å²) in [7, 11) is -3.91. The van der Waals surface area contributed by atoms with Crippen LogP contribution in [0.5, 0.6) is 0 Å². The van der Waals surface area contributed by atoms with Gasteiger partial charge in [-0.2, -0.15) is 5.10 Å². The molecule has 0 unspecified atom stereocenters. The highest BCUT2D eigenvalue weighted by Crippen LogP contribution is 2.35. The van der Waals surface area contributed by atoms with Crippen LogP contribution in [0.25, 0.3) is 27.8 Å². The van der Waals surface area contributed by atoms with Crippen molar-refractivity contribution in [3.63, 3.8) is 0 Å². The number of hydrogen-bond acceptors (Lipinski definition) is 4. The number of sulfonamides is 1. The second-order valence-electron chi connectivity index (χ2n) is 6.92. The lowest BCUT2D eigenvalue weighted by Gasteiger charge is -2.11. The monoisotopic (exact) mass is 495 g/mol. The minimum Gasteiger partial charge on any atom is -0.268 e. The first-order valence-electron chi connectivity index (χ1n) is 8.99. The molecule has 1 N–H and O–H groups in total. The van der Waals surface area contributed by atoms with E-state index in [-0.39, 0.29) is 10.7 Å². The zero-order chi connectivity index (χ0) is 23.2. The van der Waals surface area contributed by atoms with Gasteiger partial charge < -0.3 is 0 Å². The van der Waals surface area contributed by atoms with Crippen molar-refractivity contribution in [1.82, 2.24) is 14.5 Å². The first kappa shape index (κ1) is 22.2. The summed E-state index contributed by atoms with van der Waals surface area (Å²) in [5.41, 5.74) is 0.844. The third-order valence-corrected chi connectivity index (χ3v) is 5.70. The van der Waals surface area contributed by atoms with Crippen LogP contribution in [0.15, 0.2) is 54.6 Å². The van der Waals surface area contributed by atoms with E-state index in [2.05, 4.69) is 5.10 Å². The van der Waals surface area contributed by atoms with Crippen molar-refractivity contribution in [2.45, 2.75) is 0 Å². The van der Waals surface area contributed by atoms with Crippen LogP contribution in [-0.2, 0) is 10.0 Å². The van der Waals surface area contributed by atoms with E-state index in [4.69, 9.17) is 23.2 Å². The fourth-order valence-corrected chi connectivity index (χ4v) is 4.13. The third kappa shape index (κ3) is 4.32. The lowest BCUT2D eigenvalue weighted by molar-refractivity contribution is 0.0981. The second kappa shape index (κ2) is 8.16. The molecule has 0 aliphatic carbocycles. The summed E-state index contributed by atoms with van der Waals surface area (Å²) in [6, 6.07) is 12.4. The van der Waals surface area contributed by atoms with Crippen molar-refractivity contribution in [2.75, 3.05) is 6.26 Å². The van der Waals surface area contributed by atoms with Crippen molar-refractivity contribution in [2.24, 2.45) is 0 Å². The van der Waals surface area contributed by atoms with Crippen molar-refractivity contribution in [3.8, 4) is 16.9 Å². The fraction of sp³-hybridized carbons (Fsp3) is 0.0476. The molecule has 1 heterocycles. The van der Waals surface area contributed by atoms with E-state index in [1.165, 1.54) is 22.9 Å². The molecule has 0 fully saturated rings. The van der Waals surface area contributed by atoms with Crippen molar-refractivity contribution < 1.29 is 22.0 Å². The number of nitrogens with zero attached hydrogens (tertiary/aromatic N) is 2. The van der Waals surface area contributed by atoms with Crippen LogP contribution in [0.3, 0.4) is 0 Å². The van der Waals surface area contributed by atoms with E-state index in [1.54, 1.807) is 29.0 Å². The van der Waals surface area contributed by atoms with Crippen LogP contribution >= 0.6 is 23.2 Å². The predicted molar refractivity (Wildman–Crippen MR) is 119 cm³/mol. The number of aromatic nitrogens is 2. The highest BCUT2D eigenvalue weighted by molar-refractivity contribution is 7.89. The first-order valence-corrected chi connectivity index (χ1v) is 11.6. The quantitative estimate of drug-likeness (QED) is 0.433. The standard InChI is InChI=1S/C21H13Cl2F2N3O3S/c1-32(30,31)27-21(29)16-9-14(25)10-18(19(16)23)28-17-6-5-12(22)8-15(17)20(26-28)11-3-2-4-13(24)7-11/h2-10H,1H3,(H,27,29). The van der Waals surface area contributed by atoms with Gasteiger partial charge in [-0.15, -0.1) is 0 Å². The van der Waals surface area contributed by atoms with Crippen LogP contribution in [0, 0.1) is 11.6 Å². The maximum atomic E-state index is 14.4. The molecule has 4 rings (SSSR count). The maximum absolute atomic E-state index is 14.4. The second-order valence-corrected chi connectivity index (χ2v) is 9.48. The average Bonchev–Trinajstić information content (AvgIpc) is 3.06. The number of benzene rings is 3. The molecule has 4 aromatic rings. The van der Waals surface area contributed by atoms with E-state index >= 15 is 0 Å². The van der Waals surface area contributed by atoms with Crippen LogP contribution in [0.2, 0.25) is 10.0 Å². The van der Waals surface area contributed by atoms with Crippen LogP contribution in [0.4, 0.5) is 8.78 Å². The molecule has 11 heteroatoms. The van der Waals surface area contributed by atoms with E-state index in [1.807, 2.05) is 0 Å². The molecule has 0 radical (unpaired) electrons. The van der Waals surface area contributed by atoms with Crippen molar-refractivity contribution in [3.05, 3.63) is 81.8 Å². The van der Waals surface area contributed by atoms with Crippen molar-refractivity contribution in [1.29, 1.82) is 0 Å². The van der Waals surface area contributed by atoms with Gasteiger partial charge >= 0.3 is 0 Å². The SMILES string of the molecule is CS(=O)(=O)NC(=O)c1cc(F)cc(-n2nc(-c3cccc(F)c3)c3cc(Cl)ccc32)c1Cl. The molecule has 32 heavy (non-hydrogen) atoms. The molecule has 0 saturated carbocycles. The Balaban J connectivity index is 1.98. The van der Waals surface area contributed by atoms with E-state index < -0.39 is 33.1 Å². The molecule has 0 saturated heterocycles. The summed E-state index contributed by atoms with van der Waals surface area (Å²) in [5.74, 6) is -2.41. The summed E-state index contributed by atoms with van der Waals surface area (Å²) in [4.78, 5) is 12.4. The van der Waals surface area contributed by atoms with Crippen LogP contribution in [0.1, 0.15) is 10.4 Å². The molecule has 0 spiro atoms. The zero-order valence-corrected chi connectivity index (χ0v) is 18.6. The number of halogens is 4. The van der Waals surface area contributed by atoms with Gasteiger partial charge in [0.2, 0.25) is 10.0 Å². The Hall–Kier alpha value is -3.01. The van der Waals surface area contributed by atoms with Gasteiger partial charge in [0, 0.05) is 22.0 Å². The molecule has 0 aliphatic rings. The molecule has 0 aliphatic heterocycles. The maximum Gasteiger partial charge on any atom is 0.266 e. The van der Waals surface area contributed by atoms with Gasteiger partial charge in [0.05, 0.1) is 28.0 Å². The zero-order valence-electron chi connectivity index (χ0n) is 16.2. The molecular formula is C21H13Cl2F2N3O3S. The Morgan fingerprint density at radius 3 is 2.47 bits per heavy atom. The van der Waals surface area contributed by atoms with E-state index in [0.717, 1.165) is 18.4 Å². The first-order chi connectivity index (χ1) is 15.0. The topological polar surface area (TPSA) is 81.1 Å². The number of rotatable bonds is 4. The third-order valence-electron chi connectivity index (χ3n) is 4.51. The fourth-order valence-electron chi connectivity index (χ4n) is 3.24. The molecule has 6 nitrogen and oxygen atoms in total. The van der Waals surface area contributed by atoms with Crippen LogP contribution < -0.4 is 4.72 Å². The Morgan fingerprint density at radius 1 is 1.03 bits per heavy atom. The summed E-state index contributed by atoms with van der Waals surface area (Å²) in [5, 5.41) is 5.18. The molecule has 0 atom stereocenters. The average molecular weight is 496 g/mol. The number of amides is 1. The smallest absolute Gasteiger partial charge is 0.266 e. The molecule has 1 amide bonds. The molecule has 3 aromatic carbocycles. The van der Waals surface area contributed by atoms with Crippen LogP contribution in [-0.4, -0.2) is 30.4 Å².